The van der Waals surface area contributed by atoms with Crippen molar-refractivity contribution >= 4 is 11.9 Å². The van der Waals surface area contributed by atoms with Gasteiger partial charge in [-0.05, 0) is 20.3 Å². The SMILES string of the molecule is C=C(C)C(=O)OCCOC(C)N(CCC)C(=O)CC. The molecule has 0 aliphatic carbocycles. The van der Waals surface area contributed by atoms with Crippen LogP contribution in [0, 0.1) is 0 Å². The van der Waals surface area contributed by atoms with E-state index in [1.54, 1.807) is 11.8 Å². The molecular weight excluding hydrogens is 246 g/mol. The molecule has 110 valence electrons. The van der Waals surface area contributed by atoms with Gasteiger partial charge in [-0.3, -0.25) is 4.79 Å². The van der Waals surface area contributed by atoms with Crippen LogP contribution < -0.4 is 0 Å². The predicted octanol–water partition coefficient (Wildman–Crippen LogP) is 2.12. The summed E-state index contributed by atoms with van der Waals surface area (Å²) in [5.74, 6) is -0.361. The van der Waals surface area contributed by atoms with Crippen LogP contribution in [-0.4, -0.2) is 42.8 Å². The fourth-order valence-electron chi connectivity index (χ4n) is 1.52. The zero-order valence-corrected chi connectivity index (χ0v) is 12.4. The highest BCUT2D eigenvalue weighted by Crippen LogP contribution is 2.05. The molecule has 0 aromatic rings. The van der Waals surface area contributed by atoms with Crippen LogP contribution in [0.2, 0.25) is 0 Å². The summed E-state index contributed by atoms with van der Waals surface area (Å²) in [5.41, 5.74) is 0.363. The van der Waals surface area contributed by atoms with Crippen molar-refractivity contribution in [2.24, 2.45) is 0 Å². The summed E-state index contributed by atoms with van der Waals surface area (Å²) in [7, 11) is 0. The van der Waals surface area contributed by atoms with Crippen LogP contribution in [-0.2, 0) is 19.1 Å². The summed E-state index contributed by atoms with van der Waals surface area (Å²) in [4.78, 5) is 24.6. The molecule has 0 saturated heterocycles. The molecular formula is C14H25NO4. The number of carbonyl (C=O) groups is 2. The highest BCUT2D eigenvalue weighted by molar-refractivity contribution is 5.86. The molecule has 5 nitrogen and oxygen atoms in total. The largest absolute Gasteiger partial charge is 0.460 e. The van der Waals surface area contributed by atoms with E-state index in [2.05, 4.69) is 6.58 Å². The third kappa shape index (κ3) is 6.96. The van der Waals surface area contributed by atoms with Crippen molar-refractivity contribution in [2.75, 3.05) is 19.8 Å². The Morgan fingerprint density at radius 3 is 2.37 bits per heavy atom. The van der Waals surface area contributed by atoms with Crippen LogP contribution in [0.25, 0.3) is 0 Å². The van der Waals surface area contributed by atoms with Gasteiger partial charge in [0, 0.05) is 18.5 Å². The normalized spacial score (nSPS) is 11.8. The maximum Gasteiger partial charge on any atom is 0.333 e. The number of ether oxygens (including phenoxy) is 2. The van der Waals surface area contributed by atoms with E-state index in [9.17, 15) is 9.59 Å². The van der Waals surface area contributed by atoms with Crippen LogP contribution in [0.3, 0.4) is 0 Å². The Kier molecular flexibility index (Phi) is 8.87. The fourth-order valence-corrected chi connectivity index (χ4v) is 1.52. The zero-order valence-electron chi connectivity index (χ0n) is 12.4. The van der Waals surface area contributed by atoms with Crippen LogP contribution in [0.1, 0.15) is 40.5 Å². The average molecular weight is 271 g/mol. The minimum absolute atomic E-state index is 0.0632. The Bertz CT molecular complexity index is 315. The summed E-state index contributed by atoms with van der Waals surface area (Å²) in [5, 5.41) is 0. The first kappa shape index (κ1) is 17.6. The van der Waals surface area contributed by atoms with Gasteiger partial charge in [0.25, 0.3) is 0 Å². The molecule has 0 radical (unpaired) electrons. The Morgan fingerprint density at radius 2 is 1.89 bits per heavy atom. The molecule has 0 aromatic carbocycles. The number of hydrogen-bond donors (Lipinski definition) is 0. The van der Waals surface area contributed by atoms with Gasteiger partial charge in [-0.2, -0.15) is 0 Å². The number of esters is 1. The lowest BCUT2D eigenvalue weighted by atomic mass is 10.3. The van der Waals surface area contributed by atoms with Gasteiger partial charge in [-0.15, -0.1) is 0 Å². The topological polar surface area (TPSA) is 55.8 Å². The van der Waals surface area contributed by atoms with E-state index in [4.69, 9.17) is 9.47 Å². The van der Waals surface area contributed by atoms with Gasteiger partial charge in [0.05, 0.1) is 6.61 Å². The highest BCUT2D eigenvalue weighted by atomic mass is 16.6. The molecule has 0 bridgehead atoms. The Morgan fingerprint density at radius 1 is 1.26 bits per heavy atom. The molecule has 1 amide bonds. The van der Waals surface area contributed by atoms with Gasteiger partial charge < -0.3 is 14.4 Å². The number of carbonyl (C=O) groups excluding carboxylic acids is 2. The van der Waals surface area contributed by atoms with E-state index in [-0.39, 0.29) is 25.3 Å². The van der Waals surface area contributed by atoms with Crippen LogP contribution in [0.5, 0.6) is 0 Å². The second kappa shape index (κ2) is 9.55. The average Bonchev–Trinajstić information content (AvgIpc) is 2.39. The van der Waals surface area contributed by atoms with Crippen molar-refractivity contribution in [3.63, 3.8) is 0 Å². The van der Waals surface area contributed by atoms with E-state index < -0.39 is 5.97 Å². The smallest absolute Gasteiger partial charge is 0.333 e. The maximum absolute atomic E-state index is 11.7. The molecule has 1 unspecified atom stereocenters. The Balaban J connectivity index is 4.06. The summed E-state index contributed by atoms with van der Waals surface area (Å²) < 4.78 is 10.4. The zero-order chi connectivity index (χ0) is 14.8. The van der Waals surface area contributed by atoms with E-state index in [1.807, 2.05) is 20.8 Å². The molecule has 5 heteroatoms. The molecule has 0 aromatic heterocycles. The highest BCUT2D eigenvalue weighted by Gasteiger charge is 2.18. The first-order valence-electron chi connectivity index (χ1n) is 6.67. The summed E-state index contributed by atoms with van der Waals surface area (Å²) >= 11 is 0. The quantitative estimate of drug-likeness (QED) is 0.279. The Hall–Kier alpha value is -1.36. The predicted molar refractivity (Wildman–Crippen MR) is 73.5 cm³/mol. The second-order valence-electron chi connectivity index (χ2n) is 4.33. The van der Waals surface area contributed by atoms with Crippen molar-refractivity contribution < 1.29 is 19.1 Å². The lowest BCUT2D eigenvalue weighted by Crippen LogP contribution is -2.40. The van der Waals surface area contributed by atoms with Gasteiger partial charge in [-0.25, -0.2) is 4.79 Å². The molecule has 0 fully saturated rings. The van der Waals surface area contributed by atoms with Gasteiger partial charge in [0.1, 0.15) is 12.8 Å². The first-order chi connectivity index (χ1) is 8.93. The molecule has 0 N–H and O–H groups in total. The van der Waals surface area contributed by atoms with Crippen molar-refractivity contribution in [2.45, 2.75) is 46.8 Å². The summed E-state index contributed by atoms with van der Waals surface area (Å²) in [6.45, 7) is 11.8. The minimum Gasteiger partial charge on any atom is -0.460 e. The molecule has 0 aliphatic rings. The maximum atomic E-state index is 11.7. The Labute approximate surface area is 115 Å². The lowest BCUT2D eigenvalue weighted by molar-refractivity contribution is -0.150. The molecule has 0 heterocycles. The molecule has 0 spiro atoms. The monoisotopic (exact) mass is 271 g/mol. The number of hydrogen-bond acceptors (Lipinski definition) is 4. The van der Waals surface area contributed by atoms with E-state index in [0.29, 0.717) is 18.5 Å². The van der Waals surface area contributed by atoms with Crippen molar-refractivity contribution in [3.8, 4) is 0 Å². The number of rotatable bonds is 9. The third-order valence-corrected chi connectivity index (χ3v) is 2.55. The minimum atomic E-state index is -0.425. The summed E-state index contributed by atoms with van der Waals surface area (Å²) in [6.07, 6.45) is 1.03. The van der Waals surface area contributed by atoms with Crippen LogP contribution in [0.4, 0.5) is 0 Å². The van der Waals surface area contributed by atoms with Gasteiger partial charge in [0.2, 0.25) is 5.91 Å². The van der Waals surface area contributed by atoms with Crippen molar-refractivity contribution in [1.82, 2.24) is 4.90 Å². The number of amides is 1. The van der Waals surface area contributed by atoms with Crippen LogP contribution in [0.15, 0.2) is 12.2 Å². The van der Waals surface area contributed by atoms with E-state index >= 15 is 0 Å². The molecule has 19 heavy (non-hydrogen) atoms. The summed E-state index contributed by atoms with van der Waals surface area (Å²) in [6, 6.07) is 0. The first-order valence-corrected chi connectivity index (χ1v) is 6.67. The van der Waals surface area contributed by atoms with Gasteiger partial charge >= 0.3 is 5.97 Å². The van der Waals surface area contributed by atoms with Crippen molar-refractivity contribution in [3.05, 3.63) is 12.2 Å². The molecule has 0 aliphatic heterocycles. The van der Waals surface area contributed by atoms with Crippen molar-refractivity contribution in [1.29, 1.82) is 0 Å². The fraction of sp³-hybridized carbons (Fsp3) is 0.714. The van der Waals surface area contributed by atoms with E-state index in [1.165, 1.54) is 0 Å². The molecule has 1 atom stereocenters. The number of nitrogens with zero attached hydrogens (tertiary/aromatic N) is 1. The third-order valence-electron chi connectivity index (χ3n) is 2.55. The second-order valence-corrected chi connectivity index (χ2v) is 4.33. The molecule has 0 saturated carbocycles. The van der Waals surface area contributed by atoms with E-state index in [0.717, 1.165) is 6.42 Å². The lowest BCUT2D eigenvalue weighted by Gasteiger charge is -2.28. The standard InChI is InChI=1S/C14H25NO4/c1-6-8-15(13(16)7-2)12(5)18-9-10-19-14(17)11(3)4/h12H,3,6-10H2,1-2,4-5H3. The van der Waals surface area contributed by atoms with Gasteiger partial charge in [0.15, 0.2) is 0 Å². The van der Waals surface area contributed by atoms with Gasteiger partial charge in [-0.1, -0.05) is 20.4 Å². The molecule has 0 rings (SSSR count). The van der Waals surface area contributed by atoms with Crippen LogP contribution >= 0.6 is 0 Å².